The first-order valence-electron chi connectivity index (χ1n) is 8.59. The van der Waals surface area contributed by atoms with Crippen LogP contribution in [0.5, 0.6) is 11.5 Å². The summed E-state index contributed by atoms with van der Waals surface area (Å²) in [7, 11) is 0. The van der Waals surface area contributed by atoms with Gasteiger partial charge in [0.2, 0.25) is 0 Å². The molecule has 0 saturated carbocycles. The van der Waals surface area contributed by atoms with Crippen LogP contribution in [0, 0.1) is 6.92 Å². The van der Waals surface area contributed by atoms with Crippen molar-refractivity contribution >= 4 is 22.9 Å². The van der Waals surface area contributed by atoms with E-state index < -0.39 is 0 Å². The zero-order valence-electron chi connectivity index (χ0n) is 15.0. The topological polar surface area (TPSA) is 77.0 Å². The number of anilines is 1. The van der Waals surface area contributed by atoms with E-state index in [1.807, 2.05) is 48.5 Å². The van der Waals surface area contributed by atoms with Gasteiger partial charge >= 0.3 is 0 Å². The maximum absolute atomic E-state index is 12.8. The van der Waals surface area contributed by atoms with Crippen molar-refractivity contribution < 1.29 is 9.53 Å². The van der Waals surface area contributed by atoms with Crippen LogP contribution in [0.4, 0.5) is 5.69 Å². The normalized spacial score (nSPS) is 10.5. The van der Waals surface area contributed by atoms with Crippen LogP contribution >= 0.6 is 11.3 Å². The molecule has 0 fully saturated rings. The van der Waals surface area contributed by atoms with Crippen LogP contribution in [0.1, 0.15) is 15.4 Å². The standard InChI is InChI=1S/C21H16N4O2S/c1-14-18(28-21(24-14)19-22-12-7-13-23-19)20(26)25-16-10-5-6-11-17(16)27-15-8-3-2-4-9-15/h2-13H,1H3,(H,25,26). The van der Waals surface area contributed by atoms with Crippen LogP contribution in [0.2, 0.25) is 0 Å². The van der Waals surface area contributed by atoms with Crippen LogP contribution in [0.15, 0.2) is 73.1 Å². The third-order valence-corrected chi connectivity index (χ3v) is 5.02. The fourth-order valence-electron chi connectivity index (χ4n) is 2.57. The molecular weight excluding hydrogens is 372 g/mol. The van der Waals surface area contributed by atoms with Crippen LogP contribution < -0.4 is 10.1 Å². The van der Waals surface area contributed by atoms with Gasteiger partial charge in [0.05, 0.1) is 11.4 Å². The number of amides is 1. The van der Waals surface area contributed by atoms with E-state index in [1.54, 1.807) is 31.5 Å². The smallest absolute Gasteiger partial charge is 0.267 e. The summed E-state index contributed by atoms with van der Waals surface area (Å²) in [6.07, 6.45) is 3.30. The number of benzene rings is 2. The van der Waals surface area contributed by atoms with Gasteiger partial charge in [0.1, 0.15) is 10.6 Å². The molecular formula is C21H16N4O2S. The summed E-state index contributed by atoms with van der Waals surface area (Å²) in [5, 5.41) is 3.53. The van der Waals surface area contributed by atoms with Crippen molar-refractivity contribution in [2.24, 2.45) is 0 Å². The summed E-state index contributed by atoms with van der Waals surface area (Å²) in [5.41, 5.74) is 1.22. The molecule has 1 N–H and O–H groups in total. The summed E-state index contributed by atoms with van der Waals surface area (Å²) in [6.45, 7) is 1.80. The summed E-state index contributed by atoms with van der Waals surface area (Å²) in [4.78, 5) is 26.2. The van der Waals surface area contributed by atoms with Gasteiger partial charge in [-0.15, -0.1) is 11.3 Å². The van der Waals surface area contributed by atoms with E-state index in [-0.39, 0.29) is 5.91 Å². The molecule has 0 aliphatic heterocycles. The molecule has 28 heavy (non-hydrogen) atoms. The number of thiazole rings is 1. The van der Waals surface area contributed by atoms with Gasteiger partial charge in [-0.2, -0.15) is 0 Å². The molecule has 2 heterocycles. The fourth-order valence-corrected chi connectivity index (χ4v) is 3.48. The SMILES string of the molecule is Cc1nc(-c2ncccn2)sc1C(=O)Nc1ccccc1Oc1ccccc1. The van der Waals surface area contributed by atoms with Crippen molar-refractivity contribution in [1.82, 2.24) is 15.0 Å². The predicted octanol–water partition coefficient (Wildman–Crippen LogP) is 4.95. The minimum atomic E-state index is -0.249. The number of ether oxygens (including phenoxy) is 1. The molecule has 6 nitrogen and oxygen atoms in total. The number of aromatic nitrogens is 3. The van der Waals surface area contributed by atoms with E-state index in [2.05, 4.69) is 20.3 Å². The maximum atomic E-state index is 12.8. The third-order valence-electron chi connectivity index (χ3n) is 3.87. The molecule has 0 spiro atoms. The second-order valence-electron chi connectivity index (χ2n) is 5.87. The zero-order valence-corrected chi connectivity index (χ0v) is 15.8. The molecule has 4 aromatic rings. The van der Waals surface area contributed by atoms with Crippen molar-refractivity contribution in [3.63, 3.8) is 0 Å². The van der Waals surface area contributed by atoms with Crippen molar-refractivity contribution in [3.05, 3.63) is 83.6 Å². The number of carbonyl (C=O) groups is 1. The van der Waals surface area contributed by atoms with E-state index in [9.17, 15) is 4.79 Å². The molecule has 0 aliphatic carbocycles. The van der Waals surface area contributed by atoms with Gasteiger partial charge in [0, 0.05) is 12.4 Å². The molecule has 0 bridgehead atoms. The molecule has 0 atom stereocenters. The van der Waals surface area contributed by atoms with Crippen LogP contribution in [-0.2, 0) is 0 Å². The van der Waals surface area contributed by atoms with Gasteiger partial charge in [-0.3, -0.25) is 4.79 Å². The van der Waals surface area contributed by atoms with E-state index >= 15 is 0 Å². The Kier molecular flexibility index (Phi) is 5.07. The molecule has 4 rings (SSSR count). The van der Waals surface area contributed by atoms with Gasteiger partial charge in [0.25, 0.3) is 5.91 Å². The van der Waals surface area contributed by atoms with Gasteiger partial charge in [0.15, 0.2) is 16.6 Å². The molecule has 0 radical (unpaired) electrons. The average molecular weight is 388 g/mol. The minimum Gasteiger partial charge on any atom is -0.455 e. The van der Waals surface area contributed by atoms with Crippen LogP contribution in [0.25, 0.3) is 10.8 Å². The fraction of sp³-hybridized carbons (Fsp3) is 0.0476. The molecule has 1 amide bonds. The Hall–Kier alpha value is -3.58. The lowest BCUT2D eigenvalue weighted by molar-refractivity contribution is 0.102. The Labute approximate surface area is 165 Å². The number of para-hydroxylation sites is 3. The molecule has 7 heteroatoms. The first-order valence-corrected chi connectivity index (χ1v) is 9.40. The van der Waals surface area contributed by atoms with Crippen LogP contribution in [0.3, 0.4) is 0 Å². The van der Waals surface area contributed by atoms with Crippen molar-refractivity contribution in [1.29, 1.82) is 0 Å². The third kappa shape index (κ3) is 3.89. The van der Waals surface area contributed by atoms with E-state index in [4.69, 9.17) is 4.74 Å². The lowest BCUT2D eigenvalue weighted by atomic mass is 10.2. The molecule has 2 aromatic heterocycles. The summed E-state index contributed by atoms with van der Waals surface area (Å²) < 4.78 is 5.90. The number of hydrogen-bond donors (Lipinski definition) is 1. The number of rotatable bonds is 5. The molecule has 0 aliphatic rings. The summed E-state index contributed by atoms with van der Waals surface area (Å²) in [5.74, 6) is 1.52. The average Bonchev–Trinajstić information content (AvgIpc) is 3.13. The summed E-state index contributed by atoms with van der Waals surface area (Å²) >= 11 is 1.26. The van der Waals surface area contributed by atoms with E-state index in [1.165, 1.54) is 11.3 Å². The Morgan fingerprint density at radius 2 is 1.68 bits per heavy atom. The number of nitrogens with zero attached hydrogens (tertiary/aromatic N) is 3. The lowest BCUT2D eigenvalue weighted by Crippen LogP contribution is -2.12. The summed E-state index contributed by atoms with van der Waals surface area (Å²) in [6, 6.07) is 18.5. The first-order chi connectivity index (χ1) is 13.7. The van der Waals surface area contributed by atoms with Gasteiger partial charge in [-0.25, -0.2) is 15.0 Å². The predicted molar refractivity (Wildman–Crippen MR) is 109 cm³/mol. The number of aryl methyl sites for hydroxylation is 1. The van der Waals surface area contributed by atoms with Gasteiger partial charge < -0.3 is 10.1 Å². The molecule has 0 saturated heterocycles. The zero-order chi connectivity index (χ0) is 19.3. The highest BCUT2D eigenvalue weighted by Crippen LogP contribution is 2.31. The Morgan fingerprint density at radius 1 is 0.964 bits per heavy atom. The number of hydrogen-bond acceptors (Lipinski definition) is 6. The number of nitrogens with one attached hydrogen (secondary N) is 1. The van der Waals surface area contributed by atoms with Crippen molar-refractivity contribution in [2.45, 2.75) is 6.92 Å². The second-order valence-corrected chi connectivity index (χ2v) is 6.87. The Balaban J connectivity index is 1.57. The number of carbonyl (C=O) groups excluding carboxylic acids is 1. The Bertz CT molecular complexity index is 1100. The highest BCUT2D eigenvalue weighted by Gasteiger charge is 2.18. The van der Waals surface area contributed by atoms with Gasteiger partial charge in [-0.05, 0) is 37.3 Å². The van der Waals surface area contributed by atoms with Crippen LogP contribution in [-0.4, -0.2) is 20.9 Å². The minimum absolute atomic E-state index is 0.249. The lowest BCUT2D eigenvalue weighted by Gasteiger charge is -2.11. The van der Waals surface area contributed by atoms with Crippen molar-refractivity contribution in [3.8, 4) is 22.3 Å². The largest absolute Gasteiger partial charge is 0.455 e. The van der Waals surface area contributed by atoms with Gasteiger partial charge in [-0.1, -0.05) is 30.3 Å². The monoisotopic (exact) mass is 388 g/mol. The molecule has 2 aromatic carbocycles. The Morgan fingerprint density at radius 3 is 2.46 bits per heavy atom. The van der Waals surface area contributed by atoms with Crippen molar-refractivity contribution in [2.75, 3.05) is 5.32 Å². The maximum Gasteiger partial charge on any atom is 0.267 e. The highest BCUT2D eigenvalue weighted by atomic mass is 32.1. The first kappa shape index (κ1) is 17.8. The quantitative estimate of drug-likeness (QED) is 0.523. The van der Waals surface area contributed by atoms with E-state index in [0.717, 1.165) is 0 Å². The van der Waals surface area contributed by atoms with E-state index in [0.29, 0.717) is 38.6 Å². The highest BCUT2D eigenvalue weighted by molar-refractivity contribution is 7.17. The molecule has 0 unspecified atom stereocenters. The molecule has 138 valence electrons. The second kappa shape index (κ2) is 7.98.